The molecule has 0 unspecified atom stereocenters. The molecule has 1 aliphatic rings. The van der Waals surface area contributed by atoms with Gasteiger partial charge in [-0.05, 0) is 44.4 Å². The third kappa shape index (κ3) is 1.93. The van der Waals surface area contributed by atoms with Crippen LogP contribution in [0, 0.1) is 0 Å². The van der Waals surface area contributed by atoms with E-state index in [1.165, 1.54) is 12.8 Å². The maximum atomic E-state index is 12.4. The second kappa shape index (κ2) is 3.83. The molecule has 1 aliphatic carbocycles. The molecular formula is C14H17N2OP. The zero-order valence-corrected chi connectivity index (χ0v) is 11.6. The number of hydrogen-bond acceptors (Lipinski definition) is 3. The summed E-state index contributed by atoms with van der Waals surface area (Å²) in [5.74, 6) is 0.630. The summed E-state index contributed by atoms with van der Waals surface area (Å²) in [6, 6.07) is 7.83. The third-order valence-corrected chi connectivity index (χ3v) is 5.01. The van der Waals surface area contributed by atoms with E-state index in [0.29, 0.717) is 11.6 Å². The number of pyridine rings is 1. The lowest BCUT2D eigenvalue weighted by Gasteiger charge is -2.14. The van der Waals surface area contributed by atoms with Crippen LogP contribution >= 0.6 is 7.14 Å². The van der Waals surface area contributed by atoms with Crippen molar-refractivity contribution in [3.63, 3.8) is 0 Å². The van der Waals surface area contributed by atoms with Crippen LogP contribution in [0.3, 0.4) is 0 Å². The highest BCUT2D eigenvalue weighted by Crippen LogP contribution is 2.42. The van der Waals surface area contributed by atoms with E-state index in [2.05, 4.69) is 11.1 Å². The molecule has 4 heteroatoms. The second-order valence-corrected chi connectivity index (χ2v) is 8.58. The molecule has 0 atom stereocenters. The Balaban J connectivity index is 2.28. The third-order valence-electron chi connectivity index (χ3n) is 3.43. The van der Waals surface area contributed by atoms with Crippen molar-refractivity contribution in [1.82, 2.24) is 4.98 Å². The van der Waals surface area contributed by atoms with Crippen molar-refractivity contribution in [2.45, 2.75) is 18.8 Å². The van der Waals surface area contributed by atoms with E-state index in [0.717, 1.165) is 21.9 Å². The van der Waals surface area contributed by atoms with Gasteiger partial charge in [-0.2, -0.15) is 0 Å². The molecule has 3 nitrogen and oxygen atoms in total. The Kier molecular flexibility index (Phi) is 2.49. The first kappa shape index (κ1) is 11.7. The first-order valence-electron chi connectivity index (χ1n) is 6.21. The summed E-state index contributed by atoms with van der Waals surface area (Å²) < 4.78 is 12.4. The van der Waals surface area contributed by atoms with Crippen LogP contribution in [0.2, 0.25) is 0 Å². The van der Waals surface area contributed by atoms with E-state index >= 15 is 0 Å². The predicted molar refractivity (Wildman–Crippen MR) is 77.2 cm³/mol. The molecular weight excluding hydrogens is 243 g/mol. The van der Waals surface area contributed by atoms with Crippen LogP contribution in [0.1, 0.15) is 24.5 Å². The molecule has 3 rings (SSSR count). The van der Waals surface area contributed by atoms with Crippen molar-refractivity contribution in [3.8, 4) is 0 Å². The quantitative estimate of drug-likeness (QED) is 0.667. The van der Waals surface area contributed by atoms with Crippen LogP contribution < -0.4 is 11.0 Å². The molecule has 1 saturated carbocycles. The Bertz CT molecular complexity index is 671. The lowest BCUT2D eigenvalue weighted by atomic mass is 10.1. The fourth-order valence-corrected chi connectivity index (χ4v) is 3.89. The van der Waals surface area contributed by atoms with Crippen molar-refractivity contribution < 1.29 is 4.57 Å². The first-order chi connectivity index (χ1) is 8.47. The maximum Gasteiger partial charge on any atom is 0.112 e. The van der Waals surface area contributed by atoms with E-state index < -0.39 is 7.14 Å². The van der Waals surface area contributed by atoms with Gasteiger partial charge in [0.2, 0.25) is 0 Å². The van der Waals surface area contributed by atoms with Gasteiger partial charge in [0.05, 0.1) is 5.52 Å². The average molecular weight is 260 g/mol. The molecule has 1 aromatic carbocycles. The number of nitrogens with zero attached hydrogens (tertiary/aromatic N) is 1. The van der Waals surface area contributed by atoms with Crippen LogP contribution in [0.5, 0.6) is 0 Å². The minimum absolute atomic E-state index is 0.608. The van der Waals surface area contributed by atoms with E-state index in [1.54, 1.807) is 13.3 Å². The number of nitrogen functional groups attached to an aromatic ring is 1. The fourth-order valence-electron chi connectivity index (χ4n) is 2.43. The smallest absolute Gasteiger partial charge is 0.112 e. The molecule has 0 amide bonds. The van der Waals surface area contributed by atoms with Crippen molar-refractivity contribution in [1.29, 1.82) is 0 Å². The van der Waals surface area contributed by atoms with Gasteiger partial charge in [0.15, 0.2) is 0 Å². The molecule has 2 aromatic rings. The lowest BCUT2D eigenvalue weighted by molar-refractivity contribution is 0.588. The van der Waals surface area contributed by atoms with Crippen LogP contribution in [0.25, 0.3) is 10.9 Å². The van der Waals surface area contributed by atoms with Gasteiger partial charge in [-0.25, -0.2) is 0 Å². The zero-order valence-electron chi connectivity index (χ0n) is 10.7. The second-order valence-electron chi connectivity index (χ2n) is 5.43. The summed E-state index contributed by atoms with van der Waals surface area (Å²) in [7, 11) is -2.39. The number of anilines is 1. The van der Waals surface area contributed by atoms with Gasteiger partial charge in [0.1, 0.15) is 7.14 Å². The lowest BCUT2D eigenvalue weighted by Crippen LogP contribution is -2.11. The molecule has 1 fully saturated rings. The molecule has 94 valence electrons. The number of nitrogens with two attached hydrogens (primary N) is 1. The minimum atomic E-state index is -2.39. The van der Waals surface area contributed by atoms with Crippen LogP contribution in [-0.2, 0) is 4.57 Å². The largest absolute Gasteiger partial charge is 0.398 e. The van der Waals surface area contributed by atoms with E-state index in [-0.39, 0.29) is 0 Å². The molecule has 0 bridgehead atoms. The molecule has 0 aliphatic heterocycles. The van der Waals surface area contributed by atoms with Crippen LogP contribution in [0.4, 0.5) is 5.69 Å². The highest BCUT2D eigenvalue weighted by atomic mass is 31.2. The van der Waals surface area contributed by atoms with Crippen molar-refractivity contribution >= 4 is 29.0 Å². The van der Waals surface area contributed by atoms with Crippen molar-refractivity contribution in [2.75, 3.05) is 19.1 Å². The first-order valence-corrected chi connectivity index (χ1v) is 8.81. The minimum Gasteiger partial charge on any atom is -0.398 e. The molecule has 0 saturated heterocycles. The Morgan fingerprint density at radius 2 is 1.94 bits per heavy atom. The van der Waals surface area contributed by atoms with Gasteiger partial charge in [0, 0.05) is 28.0 Å². The monoisotopic (exact) mass is 260 g/mol. The number of hydrogen-bond donors (Lipinski definition) is 1. The summed E-state index contributed by atoms with van der Waals surface area (Å²) >= 11 is 0. The number of rotatable bonds is 2. The molecule has 2 N–H and O–H groups in total. The van der Waals surface area contributed by atoms with Crippen molar-refractivity contribution in [2.24, 2.45) is 0 Å². The number of benzene rings is 1. The molecule has 18 heavy (non-hydrogen) atoms. The van der Waals surface area contributed by atoms with E-state index in [1.807, 2.05) is 18.2 Å². The topological polar surface area (TPSA) is 56.0 Å². The fraction of sp³-hybridized carbons (Fsp3) is 0.357. The molecule has 0 spiro atoms. The van der Waals surface area contributed by atoms with Crippen LogP contribution in [0.15, 0.2) is 24.3 Å². The van der Waals surface area contributed by atoms with Crippen LogP contribution in [-0.4, -0.2) is 18.3 Å². The standard InChI is InChI=1S/C14H17N2OP/c1-18(2,17)14-10-5-7-12(9-3-4-9)16-13(10)8-6-11(14)15/h5-9H,3-4,15H2,1-2H3. The summed E-state index contributed by atoms with van der Waals surface area (Å²) in [4.78, 5) is 4.68. The number of aromatic nitrogens is 1. The highest BCUT2D eigenvalue weighted by molar-refractivity contribution is 7.71. The SMILES string of the molecule is CP(C)(=O)c1c(N)ccc2nc(C3CC3)ccc12. The zero-order chi connectivity index (χ0) is 12.9. The van der Waals surface area contributed by atoms with Gasteiger partial charge in [-0.3, -0.25) is 4.98 Å². The summed E-state index contributed by atoms with van der Waals surface area (Å²) in [6.45, 7) is 3.51. The predicted octanol–water partition coefficient (Wildman–Crippen LogP) is 2.94. The highest BCUT2D eigenvalue weighted by Gasteiger charge is 2.26. The Labute approximate surface area is 107 Å². The van der Waals surface area contributed by atoms with Gasteiger partial charge in [-0.1, -0.05) is 6.07 Å². The molecule has 1 aromatic heterocycles. The molecule has 1 heterocycles. The summed E-state index contributed by atoms with van der Waals surface area (Å²) in [6.07, 6.45) is 2.47. The molecule has 0 radical (unpaired) electrons. The van der Waals surface area contributed by atoms with Gasteiger partial charge in [0.25, 0.3) is 0 Å². The average Bonchev–Trinajstić information content (AvgIpc) is 3.10. The Hall–Kier alpha value is -1.34. The van der Waals surface area contributed by atoms with Gasteiger partial charge in [-0.15, -0.1) is 0 Å². The van der Waals surface area contributed by atoms with Gasteiger partial charge < -0.3 is 10.3 Å². The normalized spacial score (nSPS) is 16.1. The Morgan fingerprint density at radius 1 is 1.22 bits per heavy atom. The summed E-state index contributed by atoms with van der Waals surface area (Å²) in [5.41, 5.74) is 8.65. The van der Waals surface area contributed by atoms with E-state index in [4.69, 9.17) is 5.73 Å². The number of fused-ring (bicyclic) bond motifs is 1. The van der Waals surface area contributed by atoms with Crippen molar-refractivity contribution in [3.05, 3.63) is 30.0 Å². The van der Waals surface area contributed by atoms with Gasteiger partial charge >= 0.3 is 0 Å². The Morgan fingerprint density at radius 3 is 2.56 bits per heavy atom. The summed E-state index contributed by atoms with van der Waals surface area (Å²) in [5, 5.41) is 1.71. The van der Waals surface area contributed by atoms with E-state index in [9.17, 15) is 4.57 Å². The maximum absolute atomic E-state index is 12.4.